The lowest BCUT2D eigenvalue weighted by molar-refractivity contribution is 0.645. The van der Waals surface area contributed by atoms with E-state index in [0.29, 0.717) is 4.90 Å². The Labute approximate surface area is 356 Å². The van der Waals surface area contributed by atoms with E-state index in [-0.39, 0.29) is 0 Å². The SMILES string of the molecule is [2H]c1c([2H])c([2H])c(-c2c([2H])c([2H])c(N(c3c([2H])c([2H])c(-c4c([2H])c([2H])c5c(c4[2H])c4c6c([2H])c([2H])c([2H])c([2H])c6oc4n5-c4c([2H])c([2H])c([2H])c([2H])c4[2H])c([2H])c3[2H])c3c([2H])c([2H])c([2H])c4c3oc3c([2H])c([2H])c([2H])c([2H])c34)c([2H])c2[2H])c([2H])c1[2H]. The zero-order valence-electron chi connectivity index (χ0n) is 58.7. The molecule has 0 spiro atoms. The molecule has 4 heteroatoms. The number of para-hydroxylation sites is 4. The maximum Gasteiger partial charge on any atom is 0.213 e. The molecule has 254 valence electrons. The second-order valence-corrected chi connectivity index (χ2v) is 11.3. The van der Waals surface area contributed by atoms with Crippen molar-refractivity contribution in [2.24, 2.45) is 0 Å². The first-order chi connectivity index (χ1) is 40.1. The van der Waals surface area contributed by atoms with E-state index < -0.39 is 293 Å². The molecule has 4 nitrogen and oxygen atoms in total. The molecule has 0 atom stereocenters. The smallest absolute Gasteiger partial charge is 0.213 e. The van der Waals surface area contributed by atoms with Gasteiger partial charge in [-0.1, -0.05) is 127 Å². The Kier molecular flexibility index (Phi) is 2.79. The highest BCUT2D eigenvalue weighted by Gasteiger charge is 2.22. The summed E-state index contributed by atoms with van der Waals surface area (Å²) < 4.78 is 300. The van der Waals surface area contributed by atoms with Gasteiger partial charge in [-0.05, 0) is 88.7 Å². The Morgan fingerprint density at radius 1 is 0.426 bits per heavy atom. The van der Waals surface area contributed by atoms with Crippen molar-refractivity contribution in [1.29, 1.82) is 0 Å². The summed E-state index contributed by atoms with van der Waals surface area (Å²) in [7, 11) is 0. The number of fused-ring (bicyclic) bond motifs is 8. The van der Waals surface area contributed by atoms with Gasteiger partial charge in [-0.3, -0.25) is 4.57 Å². The van der Waals surface area contributed by atoms with Crippen LogP contribution < -0.4 is 4.90 Å². The van der Waals surface area contributed by atoms with Crippen molar-refractivity contribution in [2.45, 2.75) is 0 Å². The van der Waals surface area contributed by atoms with E-state index in [1.807, 2.05) is 0 Å². The average molecular weight is 725 g/mol. The van der Waals surface area contributed by atoms with Gasteiger partial charge in [0.15, 0.2) is 5.58 Å². The van der Waals surface area contributed by atoms with E-state index in [2.05, 4.69) is 0 Å². The van der Waals surface area contributed by atoms with E-state index >= 15 is 0 Å². The van der Waals surface area contributed by atoms with Crippen LogP contribution in [-0.4, -0.2) is 4.57 Å². The minimum Gasteiger partial charge on any atom is -0.454 e. The van der Waals surface area contributed by atoms with Crippen LogP contribution in [0.1, 0.15) is 43.9 Å². The summed E-state index contributed by atoms with van der Waals surface area (Å²) in [6.45, 7) is 0. The third-order valence-corrected chi connectivity index (χ3v) is 8.31. The molecule has 0 aliphatic rings. The first kappa shape index (κ1) is 12.4. The second kappa shape index (κ2) is 12.1. The topological polar surface area (TPSA) is 34.5 Å². The molecule has 0 amide bonds. The maximum absolute atomic E-state index is 9.88. The van der Waals surface area contributed by atoms with Gasteiger partial charge in [0, 0.05) is 38.6 Å². The van der Waals surface area contributed by atoms with Crippen molar-refractivity contribution >= 4 is 72.0 Å². The van der Waals surface area contributed by atoms with E-state index in [1.165, 1.54) is 0 Å². The third kappa shape index (κ3) is 4.78. The van der Waals surface area contributed by atoms with Crippen LogP contribution in [0.5, 0.6) is 0 Å². The number of hydrogen-bond acceptors (Lipinski definition) is 3. The van der Waals surface area contributed by atoms with Crippen molar-refractivity contribution < 1.29 is 52.7 Å². The molecule has 3 aromatic heterocycles. The van der Waals surface area contributed by atoms with Gasteiger partial charge in [-0.15, -0.1) is 0 Å². The molecular weight excluding hydrogens is 661 g/mol. The number of anilines is 3. The van der Waals surface area contributed by atoms with Crippen molar-refractivity contribution in [1.82, 2.24) is 4.57 Å². The fourth-order valence-electron chi connectivity index (χ4n) is 6.01. The summed E-state index contributed by atoms with van der Waals surface area (Å²) in [6.07, 6.45) is 0. The van der Waals surface area contributed by atoms with Gasteiger partial charge in [0.2, 0.25) is 5.71 Å². The zero-order chi connectivity index (χ0) is 63.4. The lowest BCUT2D eigenvalue weighted by atomic mass is 10.0. The first-order valence-corrected chi connectivity index (χ1v) is 15.7. The fraction of sp³-hybridized carbons (Fsp3) is 0. The predicted octanol–water partition coefficient (Wildman–Crippen LogP) is 14.2. The molecule has 3 heterocycles. The molecule has 0 aliphatic heterocycles. The van der Waals surface area contributed by atoms with E-state index in [0.717, 1.165) is 4.57 Å². The van der Waals surface area contributed by atoms with Gasteiger partial charge in [-0.25, -0.2) is 0 Å². The number of rotatable bonds is 6. The van der Waals surface area contributed by atoms with Crippen molar-refractivity contribution in [3.8, 4) is 27.9 Å². The Balaban J connectivity index is 1.31. The number of aromatic nitrogens is 1. The van der Waals surface area contributed by atoms with Gasteiger partial charge in [0.25, 0.3) is 0 Å². The molecular formula is C50H32N2O2. The molecule has 11 aromatic rings. The average Bonchev–Trinajstić information content (AvgIpc) is 1.47. The summed E-state index contributed by atoms with van der Waals surface area (Å²) >= 11 is 0. The summed E-state index contributed by atoms with van der Waals surface area (Å²) in [5, 5.41) is -2.75. The summed E-state index contributed by atoms with van der Waals surface area (Å²) in [6, 6.07) is -32.2. The molecule has 8 aromatic carbocycles. The monoisotopic (exact) mass is 724 g/mol. The van der Waals surface area contributed by atoms with Crippen LogP contribution >= 0.6 is 0 Å². The lowest BCUT2D eigenvalue weighted by Gasteiger charge is -2.26. The third-order valence-electron chi connectivity index (χ3n) is 8.31. The Morgan fingerprint density at radius 3 is 1.70 bits per heavy atom. The van der Waals surface area contributed by atoms with Crippen molar-refractivity contribution in [2.75, 3.05) is 4.90 Å². The van der Waals surface area contributed by atoms with Crippen LogP contribution in [0.2, 0.25) is 0 Å². The molecule has 0 aliphatic carbocycles. The van der Waals surface area contributed by atoms with Crippen LogP contribution in [0.4, 0.5) is 17.1 Å². The zero-order valence-corrected chi connectivity index (χ0v) is 26.7. The fourth-order valence-corrected chi connectivity index (χ4v) is 6.01. The highest BCUT2D eigenvalue weighted by Crippen LogP contribution is 2.44. The highest BCUT2D eigenvalue weighted by atomic mass is 16.3. The Morgan fingerprint density at radius 2 is 0.981 bits per heavy atom. The molecule has 0 unspecified atom stereocenters. The maximum atomic E-state index is 9.88. The molecule has 0 bridgehead atoms. The highest BCUT2D eigenvalue weighted by molar-refractivity contribution is 6.20. The first-order valence-electron chi connectivity index (χ1n) is 31.7. The summed E-state index contributed by atoms with van der Waals surface area (Å²) in [5.41, 5.74) is -11.1. The molecule has 11 rings (SSSR count). The molecule has 0 radical (unpaired) electrons. The predicted molar refractivity (Wildman–Crippen MR) is 223 cm³/mol. The largest absolute Gasteiger partial charge is 0.454 e. The summed E-state index contributed by atoms with van der Waals surface area (Å²) in [5.74, 6) is 0. The number of nitrogens with zero attached hydrogens (tertiary/aromatic N) is 2. The normalized spacial score (nSPS) is 20.0. The standard InChI is InChI=1S/C50H32N2O2/c1-3-12-33(13-4-1)34-22-27-38(28-23-34)51(45-19-11-18-41-40-16-7-9-20-46(40)53-49(41)45)39-29-24-35(25-30-39)36-26-31-44-43(32-36)48-42-17-8-10-21-47(42)54-50(48)52(44)37-14-5-2-6-15-37/h1-32H/i1D,2D,3D,4D,5D,6D,7D,8D,9D,10D,11D,12D,13D,14D,15D,16D,17D,18D,19D,20D,21D,22D,23D,24D,25D,26D,27D,28D,29D,30D,31D,32D. The minimum atomic E-state index is -1.31. The van der Waals surface area contributed by atoms with E-state index in [4.69, 9.17) is 36.2 Å². The molecule has 0 saturated heterocycles. The van der Waals surface area contributed by atoms with Gasteiger partial charge >= 0.3 is 0 Å². The molecule has 0 saturated carbocycles. The van der Waals surface area contributed by atoms with Crippen molar-refractivity contribution in [3.63, 3.8) is 0 Å². The van der Waals surface area contributed by atoms with E-state index in [1.54, 1.807) is 0 Å². The minimum absolute atomic E-state index is 0.384. The quantitative estimate of drug-likeness (QED) is 0.171. The van der Waals surface area contributed by atoms with Crippen LogP contribution in [0.25, 0.3) is 82.9 Å². The lowest BCUT2D eigenvalue weighted by Crippen LogP contribution is -2.10. The van der Waals surface area contributed by atoms with Crippen LogP contribution in [0.15, 0.2) is 202 Å². The Hall–Kier alpha value is -7.30. The molecule has 0 N–H and O–H groups in total. The number of furan rings is 2. The molecule has 54 heavy (non-hydrogen) atoms. The Bertz CT molecular complexity index is 4930. The van der Waals surface area contributed by atoms with Gasteiger partial charge in [0.05, 0.1) is 60.5 Å². The molecule has 0 fully saturated rings. The second-order valence-electron chi connectivity index (χ2n) is 11.3. The van der Waals surface area contributed by atoms with Gasteiger partial charge in [0.1, 0.15) is 11.2 Å². The summed E-state index contributed by atoms with van der Waals surface area (Å²) in [4.78, 5) is 0.384. The van der Waals surface area contributed by atoms with Crippen LogP contribution in [0, 0.1) is 0 Å². The number of benzene rings is 8. The number of hydrogen-bond donors (Lipinski definition) is 0. The van der Waals surface area contributed by atoms with E-state index in [9.17, 15) is 16.4 Å². The van der Waals surface area contributed by atoms with Crippen LogP contribution in [-0.2, 0) is 0 Å². The van der Waals surface area contributed by atoms with Crippen molar-refractivity contribution in [3.05, 3.63) is 193 Å². The van der Waals surface area contributed by atoms with Crippen LogP contribution in [0.3, 0.4) is 0 Å². The van der Waals surface area contributed by atoms with Gasteiger partial charge < -0.3 is 13.7 Å². The van der Waals surface area contributed by atoms with Gasteiger partial charge in [-0.2, -0.15) is 0 Å².